The zero-order chi connectivity index (χ0) is 11.8. The van der Waals surface area contributed by atoms with Crippen molar-refractivity contribution in [2.75, 3.05) is 19.6 Å². The largest absolute Gasteiger partial charge is 0.312 e. The van der Waals surface area contributed by atoms with Crippen molar-refractivity contribution in [3.63, 3.8) is 0 Å². The highest BCUT2D eigenvalue weighted by Crippen LogP contribution is 2.26. The normalized spacial score (nSPS) is 29.5. The topological polar surface area (TPSA) is 33.1 Å². The van der Waals surface area contributed by atoms with Gasteiger partial charge in [-0.1, -0.05) is 0 Å². The lowest BCUT2D eigenvalue weighted by Gasteiger charge is -2.24. The van der Waals surface area contributed by atoms with E-state index in [2.05, 4.69) is 22.2 Å². The van der Waals surface area contributed by atoms with Crippen LogP contribution in [0.1, 0.15) is 24.1 Å². The number of fused-ring (bicyclic) bond motifs is 1. The van der Waals surface area contributed by atoms with E-state index in [0.29, 0.717) is 0 Å². The summed E-state index contributed by atoms with van der Waals surface area (Å²) in [6.45, 7) is 6.89. The van der Waals surface area contributed by atoms with Gasteiger partial charge >= 0.3 is 0 Å². The zero-order valence-corrected chi connectivity index (χ0v) is 10.8. The molecule has 0 saturated carbocycles. The van der Waals surface area contributed by atoms with E-state index in [1.165, 1.54) is 43.7 Å². The van der Waals surface area contributed by atoms with Crippen molar-refractivity contribution in [3.8, 4) is 0 Å². The fourth-order valence-corrected chi connectivity index (χ4v) is 3.21. The minimum atomic E-state index is 0.737. The maximum atomic E-state index is 4.32. The number of hydrogen-bond acceptors (Lipinski definition) is 3. The molecule has 0 amide bonds. The molecule has 17 heavy (non-hydrogen) atoms. The van der Waals surface area contributed by atoms with Gasteiger partial charge in [0, 0.05) is 44.0 Å². The Balaban J connectivity index is 1.65. The van der Waals surface area contributed by atoms with Gasteiger partial charge in [0.2, 0.25) is 0 Å². The zero-order valence-electron chi connectivity index (χ0n) is 10.8. The average molecular weight is 234 g/mol. The molecule has 0 aliphatic carbocycles. The third-order valence-electron chi connectivity index (χ3n) is 4.41. The highest BCUT2D eigenvalue weighted by atomic mass is 15.3. The first-order valence-corrected chi connectivity index (χ1v) is 6.67. The van der Waals surface area contributed by atoms with Gasteiger partial charge < -0.3 is 5.32 Å². The van der Waals surface area contributed by atoms with Gasteiger partial charge in [-0.25, -0.2) is 0 Å². The number of nitrogens with zero attached hydrogens (tertiary/aromatic N) is 3. The molecular weight excluding hydrogens is 212 g/mol. The van der Waals surface area contributed by atoms with Gasteiger partial charge in [0.15, 0.2) is 0 Å². The van der Waals surface area contributed by atoms with E-state index in [1.807, 2.05) is 17.9 Å². The second-order valence-electron chi connectivity index (χ2n) is 5.54. The van der Waals surface area contributed by atoms with Crippen molar-refractivity contribution >= 4 is 0 Å². The number of rotatable bonds is 2. The summed E-state index contributed by atoms with van der Waals surface area (Å²) < 4.78 is 1.97. The number of likely N-dealkylation sites (tertiary alicyclic amines) is 1. The molecule has 2 aliphatic rings. The smallest absolute Gasteiger partial charge is 0.0537 e. The summed E-state index contributed by atoms with van der Waals surface area (Å²) in [4.78, 5) is 2.58. The molecule has 0 aromatic carbocycles. The summed E-state index contributed by atoms with van der Waals surface area (Å²) in [5, 5.41) is 7.98. The average Bonchev–Trinajstić information content (AvgIpc) is 2.87. The van der Waals surface area contributed by atoms with Crippen LogP contribution in [0.25, 0.3) is 0 Å². The summed E-state index contributed by atoms with van der Waals surface area (Å²) >= 11 is 0. The van der Waals surface area contributed by atoms with Crippen molar-refractivity contribution in [3.05, 3.63) is 17.5 Å². The Labute approximate surface area is 103 Å². The third kappa shape index (κ3) is 2.11. The number of piperidine rings is 1. The molecule has 0 spiro atoms. The molecule has 2 saturated heterocycles. The van der Waals surface area contributed by atoms with Crippen LogP contribution in [0.5, 0.6) is 0 Å². The van der Waals surface area contributed by atoms with E-state index in [1.54, 1.807) is 0 Å². The lowest BCUT2D eigenvalue weighted by atomic mass is 9.94. The number of aryl methyl sites for hydroxylation is 1. The second-order valence-corrected chi connectivity index (χ2v) is 5.54. The van der Waals surface area contributed by atoms with Gasteiger partial charge in [0.25, 0.3) is 0 Å². The van der Waals surface area contributed by atoms with E-state index in [-0.39, 0.29) is 0 Å². The summed E-state index contributed by atoms with van der Waals surface area (Å²) in [5.74, 6) is 0.876. The van der Waals surface area contributed by atoms with Crippen molar-refractivity contribution in [1.29, 1.82) is 0 Å². The second kappa shape index (κ2) is 4.42. The van der Waals surface area contributed by atoms with Crippen molar-refractivity contribution < 1.29 is 0 Å². The van der Waals surface area contributed by atoms with Gasteiger partial charge in [0.1, 0.15) is 0 Å². The van der Waals surface area contributed by atoms with Crippen molar-refractivity contribution in [1.82, 2.24) is 20.0 Å². The maximum Gasteiger partial charge on any atom is 0.0537 e. The van der Waals surface area contributed by atoms with Gasteiger partial charge in [-0.05, 0) is 32.2 Å². The first kappa shape index (κ1) is 11.2. The molecule has 2 atom stereocenters. The first-order valence-electron chi connectivity index (χ1n) is 6.67. The van der Waals surface area contributed by atoms with E-state index in [9.17, 15) is 0 Å². The van der Waals surface area contributed by atoms with Crippen LogP contribution in [0.4, 0.5) is 0 Å². The van der Waals surface area contributed by atoms with Crippen molar-refractivity contribution in [2.24, 2.45) is 13.0 Å². The highest BCUT2D eigenvalue weighted by Gasteiger charge is 2.34. The van der Waals surface area contributed by atoms with Crippen molar-refractivity contribution in [2.45, 2.75) is 32.4 Å². The summed E-state index contributed by atoms with van der Waals surface area (Å²) in [6.07, 6.45) is 4.77. The Kier molecular flexibility index (Phi) is 2.92. The molecule has 2 aliphatic heterocycles. The van der Waals surface area contributed by atoms with Crippen LogP contribution < -0.4 is 5.32 Å². The standard InChI is InChI=1S/C13H22N4/c1-10-12(6-15-16(10)2)8-17-7-11-4-3-5-14-13(11)9-17/h6,11,13-14H,3-5,7-9H2,1-2H3/t11-,13+/m0/s1. The molecule has 0 bridgehead atoms. The predicted octanol–water partition coefficient (Wildman–Crippen LogP) is 0.912. The molecule has 1 aromatic heterocycles. The predicted molar refractivity (Wildman–Crippen MR) is 67.7 cm³/mol. The fourth-order valence-electron chi connectivity index (χ4n) is 3.21. The van der Waals surface area contributed by atoms with Gasteiger partial charge in [-0.15, -0.1) is 0 Å². The van der Waals surface area contributed by atoms with Crippen LogP contribution in [0, 0.1) is 12.8 Å². The Hall–Kier alpha value is -0.870. The lowest BCUT2D eigenvalue weighted by Crippen LogP contribution is -2.40. The molecule has 3 heterocycles. The minimum absolute atomic E-state index is 0.737. The highest BCUT2D eigenvalue weighted by molar-refractivity contribution is 5.16. The minimum Gasteiger partial charge on any atom is -0.312 e. The Bertz CT molecular complexity index is 384. The fraction of sp³-hybridized carbons (Fsp3) is 0.769. The molecule has 0 radical (unpaired) electrons. The van der Waals surface area contributed by atoms with Gasteiger partial charge in [0.05, 0.1) is 6.20 Å². The molecule has 4 nitrogen and oxygen atoms in total. The summed E-state index contributed by atoms with van der Waals surface area (Å²) in [6, 6.07) is 0.737. The molecule has 3 rings (SSSR count). The number of hydrogen-bond donors (Lipinski definition) is 1. The van der Waals surface area contributed by atoms with Crippen LogP contribution >= 0.6 is 0 Å². The van der Waals surface area contributed by atoms with E-state index < -0.39 is 0 Å². The Morgan fingerprint density at radius 2 is 2.35 bits per heavy atom. The Morgan fingerprint density at radius 1 is 1.47 bits per heavy atom. The number of aromatic nitrogens is 2. The monoisotopic (exact) mass is 234 g/mol. The SMILES string of the molecule is Cc1c(CN2C[C@@H]3CCCN[C@@H]3C2)cnn1C. The Morgan fingerprint density at radius 3 is 3.06 bits per heavy atom. The summed E-state index contributed by atoms with van der Waals surface area (Å²) in [7, 11) is 2.02. The van der Waals surface area contributed by atoms with Crippen LogP contribution in [0.3, 0.4) is 0 Å². The molecule has 0 unspecified atom stereocenters. The van der Waals surface area contributed by atoms with Crippen LogP contribution in [0.15, 0.2) is 6.20 Å². The molecule has 2 fully saturated rings. The van der Waals surface area contributed by atoms with Gasteiger partial charge in [-0.3, -0.25) is 9.58 Å². The van der Waals surface area contributed by atoms with Crippen LogP contribution in [-0.4, -0.2) is 40.4 Å². The maximum absolute atomic E-state index is 4.32. The van der Waals surface area contributed by atoms with Crippen LogP contribution in [-0.2, 0) is 13.6 Å². The lowest BCUT2D eigenvalue weighted by molar-refractivity contribution is 0.312. The van der Waals surface area contributed by atoms with E-state index in [4.69, 9.17) is 0 Å². The summed E-state index contributed by atoms with van der Waals surface area (Å²) in [5.41, 5.74) is 2.68. The molecule has 4 heteroatoms. The van der Waals surface area contributed by atoms with E-state index >= 15 is 0 Å². The van der Waals surface area contributed by atoms with Gasteiger partial charge in [-0.2, -0.15) is 5.10 Å². The van der Waals surface area contributed by atoms with E-state index in [0.717, 1.165) is 18.5 Å². The molecule has 1 aromatic rings. The molecular formula is C13H22N4. The molecule has 1 N–H and O–H groups in total. The molecule has 94 valence electrons. The number of nitrogens with one attached hydrogen (secondary N) is 1. The quantitative estimate of drug-likeness (QED) is 0.826. The third-order valence-corrected chi connectivity index (χ3v) is 4.41. The van der Waals surface area contributed by atoms with Crippen LogP contribution in [0.2, 0.25) is 0 Å². The first-order chi connectivity index (χ1) is 8.24.